The highest BCUT2D eigenvalue weighted by molar-refractivity contribution is 7.80. The molecule has 0 bridgehead atoms. The lowest BCUT2D eigenvalue weighted by atomic mass is 10.1. The maximum Gasteiger partial charge on any atom is 0.335 e. The van der Waals surface area contributed by atoms with E-state index in [0.717, 1.165) is 11.1 Å². The van der Waals surface area contributed by atoms with Gasteiger partial charge in [-0.25, -0.2) is 4.79 Å². The van der Waals surface area contributed by atoms with Crippen LogP contribution in [-0.2, 0) is 0 Å². The number of aryl methyl sites for hydroxylation is 1. The Bertz CT molecular complexity index is 1060. The second-order valence-electron chi connectivity index (χ2n) is 5.92. The van der Waals surface area contributed by atoms with E-state index in [9.17, 15) is 9.59 Å². The lowest BCUT2D eigenvalue weighted by Gasteiger charge is -2.08. The molecule has 0 aliphatic rings. The van der Waals surface area contributed by atoms with Crippen molar-refractivity contribution in [2.24, 2.45) is 0 Å². The molecule has 28 heavy (non-hydrogen) atoms. The smallest absolute Gasteiger partial charge is 0.335 e. The van der Waals surface area contributed by atoms with Gasteiger partial charge in [0.15, 0.2) is 10.9 Å². The first-order chi connectivity index (χ1) is 13.3. The Kier molecular flexibility index (Phi) is 5.77. The molecule has 0 unspecified atom stereocenters. The molecule has 1 aromatic heterocycles. The second-order valence-corrected chi connectivity index (χ2v) is 6.73. The van der Waals surface area contributed by atoms with Crippen molar-refractivity contribution < 1.29 is 19.1 Å². The van der Waals surface area contributed by atoms with Crippen LogP contribution in [0.2, 0.25) is 5.02 Å². The first kappa shape index (κ1) is 19.6. The van der Waals surface area contributed by atoms with Gasteiger partial charge in [0.1, 0.15) is 5.76 Å². The van der Waals surface area contributed by atoms with Crippen LogP contribution in [0, 0.1) is 6.92 Å². The van der Waals surface area contributed by atoms with Crippen LogP contribution < -0.4 is 10.6 Å². The Morgan fingerprint density at radius 3 is 2.43 bits per heavy atom. The number of hydrogen-bond donors (Lipinski definition) is 3. The Hall–Kier alpha value is -3.16. The third-order valence-corrected chi connectivity index (χ3v) is 4.51. The number of carbonyl (C=O) groups excluding carboxylic acids is 1. The van der Waals surface area contributed by atoms with Crippen LogP contribution in [0.1, 0.15) is 26.5 Å². The summed E-state index contributed by atoms with van der Waals surface area (Å²) in [7, 11) is 0. The fraction of sp³-hybridized carbons (Fsp3) is 0.0500. The van der Waals surface area contributed by atoms with E-state index in [1.54, 1.807) is 30.3 Å². The molecule has 6 nitrogen and oxygen atoms in total. The minimum absolute atomic E-state index is 0.0596. The molecule has 1 amide bonds. The number of carbonyl (C=O) groups is 2. The van der Waals surface area contributed by atoms with Gasteiger partial charge < -0.3 is 14.8 Å². The van der Waals surface area contributed by atoms with Gasteiger partial charge >= 0.3 is 5.97 Å². The van der Waals surface area contributed by atoms with E-state index in [1.165, 1.54) is 12.1 Å². The fourth-order valence-corrected chi connectivity index (χ4v) is 2.78. The molecule has 0 aliphatic heterocycles. The van der Waals surface area contributed by atoms with Crippen LogP contribution in [0.5, 0.6) is 0 Å². The predicted octanol–water partition coefficient (Wildman–Crippen LogP) is 4.73. The summed E-state index contributed by atoms with van der Waals surface area (Å²) in [6, 6.07) is 14.7. The van der Waals surface area contributed by atoms with Gasteiger partial charge in [-0.2, -0.15) is 0 Å². The van der Waals surface area contributed by atoms with Crippen molar-refractivity contribution in [2.45, 2.75) is 6.92 Å². The third kappa shape index (κ3) is 4.57. The Morgan fingerprint density at radius 2 is 1.79 bits per heavy atom. The number of rotatable bonds is 4. The largest absolute Gasteiger partial charge is 0.478 e. The van der Waals surface area contributed by atoms with Gasteiger partial charge in [0.05, 0.1) is 5.56 Å². The number of halogens is 1. The lowest BCUT2D eigenvalue weighted by molar-refractivity contribution is 0.0696. The summed E-state index contributed by atoms with van der Waals surface area (Å²) in [6.45, 7) is 1.90. The van der Waals surface area contributed by atoms with Crippen molar-refractivity contribution in [2.75, 3.05) is 5.32 Å². The molecule has 1 heterocycles. The van der Waals surface area contributed by atoms with Crippen LogP contribution in [0.25, 0.3) is 11.3 Å². The highest BCUT2D eigenvalue weighted by Gasteiger charge is 2.14. The van der Waals surface area contributed by atoms with Crippen molar-refractivity contribution in [3.05, 3.63) is 76.5 Å². The van der Waals surface area contributed by atoms with Gasteiger partial charge in [-0.05, 0) is 67.2 Å². The molecule has 0 fully saturated rings. The SMILES string of the molecule is Cc1ccc(-c2ccc(C(=O)NC(=S)Nc3ccc(C(=O)O)cc3)o2)cc1Cl. The summed E-state index contributed by atoms with van der Waals surface area (Å²) in [5, 5.41) is 14.9. The summed E-state index contributed by atoms with van der Waals surface area (Å²) >= 11 is 11.2. The highest BCUT2D eigenvalue weighted by Crippen LogP contribution is 2.26. The minimum atomic E-state index is -1.02. The third-order valence-electron chi connectivity index (χ3n) is 3.90. The molecular formula is C20H15ClN2O4S. The van der Waals surface area contributed by atoms with Gasteiger partial charge in [0, 0.05) is 16.3 Å². The molecule has 0 saturated carbocycles. The van der Waals surface area contributed by atoms with Crippen molar-refractivity contribution in [1.82, 2.24) is 5.32 Å². The van der Waals surface area contributed by atoms with Gasteiger partial charge in [-0.3, -0.25) is 10.1 Å². The van der Waals surface area contributed by atoms with E-state index in [-0.39, 0.29) is 16.4 Å². The molecule has 3 N–H and O–H groups in total. The summed E-state index contributed by atoms with van der Waals surface area (Å²) in [5.41, 5.74) is 2.40. The van der Waals surface area contributed by atoms with Gasteiger partial charge in [0.2, 0.25) is 0 Å². The molecule has 0 saturated heterocycles. The zero-order valence-electron chi connectivity index (χ0n) is 14.7. The summed E-state index contributed by atoms with van der Waals surface area (Å²) in [5.74, 6) is -0.928. The fourth-order valence-electron chi connectivity index (χ4n) is 2.38. The number of carboxylic acid groups (broad SMARTS) is 1. The molecule has 142 valence electrons. The average Bonchev–Trinajstić information content (AvgIpc) is 3.14. The Labute approximate surface area is 171 Å². The molecule has 0 atom stereocenters. The lowest BCUT2D eigenvalue weighted by Crippen LogP contribution is -2.33. The molecule has 0 radical (unpaired) electrons. The summed E-state index contributed by atoms with van der Waals surface area (Å²) in [6.07, 6.45) is 0. The van der Waals surface area contributed by atoms with E-state index < -0.39 is 11.9 Å². The summed E-state index contributed by atoms with van der Waals surface area (Å²) < 4.78 is 5.60. The highest BCUT2D eigenvalue weighted by atomic mass is 35.5. The van der Waals surface area contributed by atoms with E-state index in [4.69, 9.17) is 33.3 Å². The van der Waals surface area contributed by atoms with E-state index in [0.29, 0.717) is 16.5 Å². The van der Waals surface area contributed by atoms with Crippen LogP contribution in [0.15, 0.2) is 59.0 Å². The summed E-state index contributed by atoms with van der Waals surface area (Å²) in [4.78, 5) is 23.2. The zero-order chi connectivity index (χ0) is 20.3. The maximum atomic E-state index is 12.3. The Morgan fingerprint density at radius 1 is 1.07 bits per heavy atom. The van der Waals surface area contributed by atoms with Crippen LogP contribution >= 0.6 is 23.8 Å². The second kappa shape index (κ2) is 8.24. The standard InChI is InChI=1S/C20H15ClN2O4S/c1-11-2-3-13(10-15(11)21)16-8-9-17(27-16)18(24)23-20(28)22-14-6-4-12(5-7-14)19(25)26/h2-10H,1H3,(H,25,26)(H2,22,23,24,28). The molecule has 2 aromatic carbocycles. The van der Waals surface area contributed by atoms with Gasteiger partial charge in [0.25, 0.3) is 5.91 Å². The van der Waals surface area contributed by atoms with Crippen molar-refractivity contribution in [3.63, 3.8) is 0 Å². The van der Waals surface area contributed by atoms with E-state index in [2.05, 4.69) is 10.6 Å². The molecule has 0 aliphatic carbocycles. The number of anilines is 1. The maximum absolute atomic E-state index is 12.3. The number of thiocarbonyl (C=S) groups is 1. The predicted molar refractivity (Wildman–Crippen MR) is 111 cm³/mol. The molecular weight excluding hydrogens is 400 g/mol. The first-order valence-electron chi connectivity index (χ1n) is 8.15. The monoisotopic (exact) mass is 414 g/mol. The topological polar surface area (TPSA) is 91.6 Å². The molecule has 8 heteroatoms. The normalized spacial score (nSPS) is 10.4. The van der Waals surface area contributed by atoms with Crippen molar-refractivity contribution >= 4 is 46.5 Å². The Balaban J connectivity index is 1.64. The van der Waals surface area contributed by atoms with Crippen LogP contribution in [-0.4, -0.2) is 22.1 Å². The van der Waals surface area contributed by atoms with Crippen LogP contribution in [0.3, 0.4) is 0 Å². The number of furan rings is 1. The number of benzene rings is 2. The number of carboxylic acids is 1. The minimum Gasteiger partial charge on any atom is -0.478 e. The van der Waals surface area contributed by atoms with Gasteiger partial charge in [-0.1, -0.05) is 23.7 Å². The van der Waals surface area contributed by atoms with E-state index >= 15 is 0 Å². The average molecular weight is 415 g/mol. The number of hydrogen-bond acceptors (Lipinski definition) is 4. The molecule has 3 aromatic rings. The van der Waals surface area contributed by atoms with Crippen LogP contribution in [0.4, 0.5) is 5.69 Å². The first-order valence-corrected chi connectivity index (χ1v) is 8.94. The van der Waals surface area contributed by atoms with Gasteiger partial charge in [-0.15, -0.1) is 0 Å². The quantitative estimate of drug-likeness (QED) is 0.534. The number of amides is 1. The van der Waals surface area contributed by atoms with Crippen molar-refractivity contribution in [1.29, 1.82) is 0 Å². The number of aromatic carboxylic acids is 1. The van der Waals surface area contributed by atoms with Crippen molar-refractivity contribution in [3.8, 4) is 11.3 Å². The molecule has 3 rings (SSSR count). The molecule has 0 spiro atoms. The zero-order valence-corrected chi connectivity index (χ0v) is 16.2. The van der Waals surface area contributed by atoms with E-state index in [1.807, 2.05) is 19.1 Å². The number of nitrogens with one attached hydrogen (secondary N) is 2.